The van der Waals surface area contributed by atoms with Crippen LogP contribution in [0.3, 0.4) is 0 Å². The minimum Gasteiger partial charge on any atom is -0.242 e. The summed E-state index contributed by atoms with van der Waals surface area (Å²) in [5.41, 5.74) is 4.00. The van der Waals surface area contributed by atoms with Crippen molar-refractivity contribution in [2.24, 2.45) is 0 Å². The topological polar surface area (TPSA) is 72.0 Å². The third-order valence-electron chi connectivity index (χ3n) is 3.18. The van der Waals surface area contributed by atoms with Crippen LogP contribution >= 0.6 is 0 Å². The van der Waals surface area contributed by atoms with E-state index in [1.54, 1.807) is 6.07 Å². The molecule has 1 aromatic carbocycles. The molecule has 0 aliphatic heterocycles. The maximum Gasteiger partial charge on any atom is 0.241 e. The summed E-state index contributed by atoms with van der Waals surface area (Å²) in [6, 6.07) is 5.50. The predicted octanol–water partition coefficient (Wildman–Crippen LogP) is 2.19. The van der Waals surface area contributed by atoms with Crippen LogP contribution in [0.2, 0.25) is 0 Å². The molecule has 0 atom stereocenters. The highest BCUT2D eigenvalue weighted by molar-refractivity contribution is 7.89. The Labute approximate surface area is 125 Å². The number of sulfonamides is 1. The lowest BCUT2D eigenvalue weighted by Gasteiger charge is -2.13. The number of hydrogen-bond acceptors (Lipinski definition) is 4. The molecule has 0 unspecified atom stereocenters. The number of rotatable bonds is 4. The summed E-state index contributed by atoms with van der Waals surface area (Å²) in [6.07, 6.45) is 1.43. The number of hydrogen-bond donors (Lipinski definition) is 1. The molecule has 0 spiro atoms. The van der Waals surface area contributed by atoms with Crippen molar-refractivity contribution in [3.63, 3.8) is 0 Å². The molecule has 0 aliphatic rings. The highest BCUT2D eigenvalue weighted by Gasteiger charge is 2.19. The van der Waals surface area contributed by atoms with Crippen molar-refractivity contribution in [1.82, 2.24) is 14.7 Å². The second-order valence-corrected chi connectivity index (χ2v) is 6.91. The van der Waals surface area contributed by atoms with Crippen LogP contribution in [0.5, 0.6) is 0 Å². The van der Waals surface area contributed by atoms with Gasteiger partial charge in [-0.25, -0.2) is 23.1 Å². The quantitative estimate of drug-likeness (QED) is 0.940. The van der Waals surface area contributed by atoms with Gasteiger partial charge in [-0.3, -0.25) is 0 Å². The molecule has 0 bridgehead atoms. The van der Waals surface area contributed by atoms with Crippen molar-refractivity contribution < 1.29 is 8.42 Å². The molecule has 1 heterocycles. The molecule has 0 saturated carbocycles. The van der Waals surface area contributed by atoms with Crippen LogP contribution in [0, 0.1) is 27.7 Å². The number of aryl methyl sites for hydroxylation is 4. The maximum atomic E-state index is 12.5. The number of nitrogens with zero attached hydrogens (tertiary/aromatic N) is 2. The lowest BCUT2D eigenvalue weighted by atomic mass is 10.1. The van der Waals surface area contributed by atoms with Crippen LogP contribution < -0.4 is 4.72 Å². The van der Waals surface area contributed by atoms with Crippen molar-refractivity contribution in [2.75, 3.05) is 0 Å². The van der Waals surface area contributed by atoms with E-state index in [-0.39, 0.29) is 6.54 Å². The molecule has 6 heteroatoms. The van der Waals surface area contributed by atoms with Crippen molar-refractivity contribution in [1.29, 1.82) is 0 Å². The monoisotopic (exact) mass is 305 g/mol. The summed E-state index contributed by atoms with van der Waals surface area (Å²) in [5.74, 6) is 0. The van der Waals surface area contributed by atoms with Gasteiger partial charge in [0.2, 0.25) is 10.0 Å². The first kappa shape index (κ1) is 15.6. The van der Waals surface area contributed by atoms with E-state index in [9.17, 15) is 8.42 Å². The highest BCUT2D eigenvalue weighted by atomic mass is 32.2. The minimum absolute atomic E-state index is 0.151. The standard InChI is InChI=1S/C15H19N3O2S/c1-10-5-11(2)15(12(3)6-10)21(19,20)18-8-14-7-13(4)16-9-17-14/h5-7,9,18H,8H2,1-4H3. The van der Waals surface area contributed by atoms with Gasteiger partial charge >= 0.3 is 0 Å². The maximum absolute atomic E-state index is 12.5. The Morgan fingerprint density at radius 1 is 1.00 bits per heavy atom. The summed E-state index contributed by atoms with van der Waals surface area (Å²) in [7, 11) is -3.56. The summed E-state index contributed by atoms with van der Waals surface area (Å²) in [6.45, 7) is 7.56. The third kappa shape index (κ3) is 3.65. The Morgan fingerprint density at radius 2 is 1.62 bits per heavy atom. The van der Waals surface area contributed by atoms with Crippen LogP contribution in [0.1, 0.15) is 28.1 Å². The number of nitrogens with one attached hydrogen (secondary N) is 1. The molecule has 0 amide bonds. The molecule has 1 aromatic heterocycles. The van der Waals surface area contributed by atoms with E-state index >= 15 is 0 Å². The summed E-state index contributed by atoms with van der Waals surface area (Å²) < 4.78 is 27.6. The Bertz CT molecular complexity index is 747. The Morgan fingerprint density at radius 3 is 2.19 bits per heavy atom. The normalized spacial score (nSPS) is 11.6. The van der Waals surface area contributed by atoms with Crippen molar-refractivity contribution in [2.45, 2.75) is 39.1 Å². The average Bonchev–Trinajstić information content (AvgIpc) is 2.35. The molecule has 2 rings (SSSR count). The van der Waals surface area contributed by atoms with E-state index in [4.69, 9.17) is 0 Å². The van der Waals surface area contributed by atoms with E-state index in [0.717, 1.165) is 22.4 Å². The van der Waals surface area contributed by atoms with Crippen LogP contribution in [0.25, 0.3) is 0 Å². The van der Waals surface area contributed by atoms with E-state index in [1.165, 1.54) is 6.33 Å². The highest BCUT2D eigenvalue weighted by Crippen LogP contribution is 2.21. The first-order valence-corrected chi connectivity index (χ1v) is 8.13. The van der Waals surface area contributed by atoms with Gasteiger partial charge in [-0.05, 0) is 44.9 Å². The van der Waals surface area contributed by atoms with Gasteiger partial charge in [-0.1, -0.05) is 17.7 Å². The molecule has 5 nitrogen and oxygen atoms in total. The van der Waals surface area contributed by atoms with Gasteiger partial charge in [-0.2, -0.15) is 0 Å². The van der Waals surface area contributed by atoms with Gasteiger partial charge in [0.15, 0.2) is 0 Å². The lowest BCUT2D eigenvalue weighted by molar-refractivity contribution is 0.579. The molecule has 112 valence electrons. The smallest absolute Gasteiger partial charge is 0.241 e. The molecule has 1 N–H and O–H groups in total. The summed E-state index contributed by atoms with van der Waals surface area (Å²) >= 11 is 0. The zero-order chi connectivity index (χ0) is 15.6. The van der Waals surface area contributed by atoms with Crippen molar-refractivity contribution in [3.8, 4) is 0 Å². The van der Waals surface area contributed by atoms with Gasteiger partial charge in [0.25, 0.3) is 0 Å². The second kappa shape index (κ2) is 5.91. The lowest BCUT2D eigenvalue weighted by Crippen LogP contribution is -2.25. The summed E-state index contributed by atoms with van der Waals surface area (Å²) in [4.78, 5) is 8.40. The minimum atomic E-state index is -3.56. The Balaban J connectivity index is 2.27. The third-order valence-corrected chi connectivity index (χ3v) is 4.88. The van der Waals surface area contributed by atoms with E-state index in [0.29, 0.717) is 10.6 Å². The number of aromatic nitrogens is 2. The largest absolute Gasteiger partial charge is 0.242 e. The van der Waals surface area contributed by atoms with Gasteiger partial charge in [0, 0.05) is 5.69 Å². The van der Waals surface area contributed by atoms with Crippen LogP contribution in [-0.4, -0.2) is 18.4 Å². The number of benzene rings is 1. The molecule has 0 aliphatic carbocycles. The van der Waals surface area contributed by atoms with E-state index in [1.807, 2.05) is 39.8 Å². The zero-order valence-electron chi connectivity index (χ0n) is 12.6. The zero-order valence-corrected chi connectivity index (χ0v) is 13.5. The van der Waals surface area contributed by atoms with Crippen LogP contribution in [0.4, 0.5) is 0 Å². The molecular weight excluding hydrogens is 286 g/mol. The van der Waals surface area contributed by atoms with Crippen LogP contribution in [-0.2, 0) is 16.6 Å². The van der Waals surface area contributed by atoms with Gasteiger partial charge in [0.05, 0.1) is 17.1 Å². The molecule has 0 saturated heterocycles. The van der Waals surface area contributed by atoms with Crippen molar-refractivity contribution >= 4 is 10.0 Å². The molecular formula is C15H19N3O2S. The van der Waals surface area contributed by atoms with Crippen molar-refractivity contribution in [3.05, 3.63) is 52.6 Å². The van der Waals surface area contributed by atoms with Crippen LogP contribution in [0.15, 0.2) is 29.4 Å². The second-order valence-electron chi connectivity index (χ2n) is 5.20. The average molecular weight is 305 g/mol. The Kier molecular flexibility index (Phi) is 4.39. The van der Waals surface area contributed by atoms with Gasteiger partial charge < -0.3 is 0 Å². The first-order chi connectivity index (χ1) is 9.79. The molecule has 2 aromatic rings. The van der Waals surface area contributed by atoms with Gasteiger partial charge in [0.1, 0.15) is 6.33 Å². The van der Waals surface area contributed by atoms with E-state index < -0.39 is 10.0 Å². The predicted molar refractivity (Wildman–Crippen MR) is 81.4 cm³/mol. The molecule has 21 heavy (non-hydrogen) atoms. The SMILES string of the molecule is Cc1cc(C)c(S(=O)(=O)NCc2cc(C)ncn2)c(C)c1. The Hall–Kier alpha value is -1.79. The fraction of sp³-hybridized carbons (Fsp3) is 0.333. The summed E-state index contributed by atoms with van der Waals surface area (Å²) in [5, 5.41) is 0. The first-order valence-electron chi connectivity index (χ1n) is 6.64. The molecule has 0 fully saturated rings. The molecule has 0 radical (unpaired) electrons. The van der Waals surface area contributed by atoms with Gasteiger partial charge in [-0.15, -0.1) is 0 Å². The van der Waals surface area contributed by atoms with E-state index in [2.05, 4.69) is 14.7 Å². The fourth-order valence-electron chi connectivity index (χ4n) is 2.44. The fourth-order valence-corrected chi connectivity index (χ4v) is 3.89.